The zero-order valence-corrected chi connectivity index (χ0v) is 16.9. The van der Waals surface area contributed by atoms with E-state index in [1.54, 1.807) is 12.3 Å². The average molecular weight is 384 g/mol. The number of halogens is 1. The van der Waals surface area contributed by atoms with E-state index in [0.717, 1.165) is 22.9 Å². The summed E-state index contributed by atoms with van der Waals surface area (Å²) in [5.41, 5.74) is 5.30. The molecule has 0 spiro atoms. The van der Waals surface area contributed by atoms with Gasteiger partial charge in [-0.3, -0.25) is 4.98 Å². The highest BCUT2D eigenvalue weighted by molar-refractivity contribution is 5.95. The summed E-state index contributed by atoms with van der Waals surface area (Å²) in [7, 11) is 0. The lowest BCUT2D eigenvalue weighted by Gasteiger charge is -2.09. The first-order valence-corrected chi connectivity index (χ1v) is 10.5. The van der Waals surface area contributed by atoms with Crippen molar-refractivity contribution >= 4 is 10.8 Å². The summed E-state index contributed by atoms with van der Waals surface area (Å²) in [5.74, 6) is -0.233. The molecule has 0 bridgehead atoms. The Morgan fingerprint density at radius 3 is 2.38 bits per heavy atom. The molecule has 2 heteroatoms. The van der Waals surface area contributed by atoms with Gasteiger partial charge in [-0.05, 0) is 53.1 Å². The molecule has 29 heavy (non-hydrogen) atoms. The van der Waals surface area contributed by atoms with E-state index in [4.69, 9.17) is 0 Å². The molecule has 3 aromatic carbocycles. The predicted octanol–water partition coefficient (Wildman–Crippen LogP) is 7.83. The van der Waals surface area contributed by atoms with Crippen LogP contribution in [0.2, 0.25) is 0 Å². The van der Waals surface area contributed by atoms with Crippen LogP contribution in [0.3, 0.4) is 0 Å². The van der Waals surface area contributed by atoms with Crippen molar-refractivity contribution in [2.75, 3.05) is 0 Å². The Bertz CT molecular complexity index is 1090. The number of rotatable bonds is 7. The monoisotopic (exact) mass is 383 g/mol. The minimum atomic E-state index is -0.233. The van der Waals surface area contributed by atoms with Crippen molar-refractivity contribution in [3.05, 3.63) is 90.4 Å². The van der Waals surface area contributed by atoms with Crippen molar-refractivity contribution in [3.8, 4) is 22.4 Å². The molecule has 0 N–H and O–H groups in total. The van der Waals surface area contributed by atoms with Crippen LogP contribution < -0.4 is 0 Å². The highest BCUT2D eigenvalue weighted by atomic mass is 19.1. The minimum absolute atomic E-state index is 0.233. The SMILES string of the molecule is CCCCCCc1ccc(-c2cccc(-c3nccc4cccc(F)c34)c2)cc1. The maximum atomic E-state index is 14.5. The quantitative estimate of drug-likeness (QED) is 0.296. The van der Waals surface area contributed by atoms with Gasteiger partial charge in [0.05, 0.1) is 5.69 Å². The van der Waals surface area contributed by atoms with E-state index in [1.807, 2.05) is 24.3 Å². The Hall–Kier alpha value is -3.00. The Kier molecular flexibility index (Phi) is 6.00. The molecule has 0 aliphatic rings. The van der Waals surface area contributed by atoms with E-state index < -0.39 is 0 Å². The van der Waals surface area contributed by atoms with E-state index in [2.05, 4.69) is 48.3 Å². The Morgan fingerprint density at radius 2 is 1.55 bits per heavy atom. The van der Waals surface area contributed by atoms with Gasteiger partial charge < -0.3 is 0 Å². The molecule has 1 nitrogen and oxygen atoms in total. The summed E-state index contributed by atoms with van der Waals surface area (Å²) in [6, 6.07) is 24.1. The molecule has 0 radical (unpaired) electrons. The number of aryl methyl sites for hydroxylation is 1. The van der Waals surface area contributed by atoms with Gasteiger partial charge in [-0.1, -0.05) is 80.8 Å². The number of pyridine rings is 1. The minimum Gasteiger partial charge on any atom is -0.255 e. The van der Waals surface area contributed by atoms with E-state index in [9.17, 15) is 4.39 Å². The lowest BCUT2D eigenvalue weighted by molar-refractivity contribution is 0.640. The lowest BCUT2D eigenvalue weighted by atomic mass is 9.97. The Morgan fingerprint density at radius 1 is 0.759 bits per heavy atom. The van der Waals surface area contributed by atoms with E-state index in [1.165, 1.54) is 42.9 Å². The number of benzene rings is 3. The fourth-order valence-corrected chi connectivity index (χ4v) is 3.87. The van der Waals surface area contributed by atoms with Crippen molar-refractivity contribution in [3.63, 3.8) is 0 Å². The molecule has 4 aromatic rings. The number of hydrogen-bond acceptors (Lipinski definition) is 1. The molecule has 0 aliphatic heterocycles. The zero-order chi connectivity index (χ0) is 20.1. The second-order valence-electron chi connectivity index (χ2n) is 7.59. The summed E-state index contributed by atoms with van der Waals surface area (Å²) in [6.07, 6.45) is 8.02. The summed E-state index contributed by atoms with van der Waals surface area (Å²) in [5, 5.41) is 1.45. The third-order valence-electron chi connectivity index (χ3n) is 5.48. The largest absolute Gasteiger partial charge is 0.255 e. The van der Waals surface area contributed by atoms with Gasteiger partial charge >= 0.3 is 0 Å². The van der Waals surface area contributed by atoms with Crippen LogP contribution in [0, 0.1) is 5.82 Å². The van der Waals surface area contributed by atoms with Gasteiger partial charge in [0, 0.05) is 17.1 Å². The second-order valence-corrected chi connectivity index (χ2v) is 7.59. The molecule has 0 amide bonds. The highest BCUT2D eigenvalue weighted by Crippen LogP contribution is 2.31. The fourth-order valence-electron chi connectivity index (χ4n) is 3.87. The van der Waals surface area contributed by atoms with Crippen LogP contribution in [-0.2, 0) is 6.42 Å². The molecule has 0 fully saturated rings. The third-order valence-corrected chi connectivity index (χ3v) is 5.48. The number of hydrogen-bond donors (Lipinski definition) is 0. The molecule has 0 saturated heterocycles. The number of fused-ring (bicyclic) bond motifs is 1. The summed E-state index contributed by atoms with van der Waals surface area (Å²) >= 11 is 0. The molecule has 1 heterocycles. The molecule has 0 unspecified atom stereocenters. The van der Waals surface area contributed by atoms with Gasteiger partial charge in [-0.2, -0.15) is 0 Å². The summed E-state index contributed by atoms with van der Waals surface area (Å²) in [6.45, 7) is 2.24. The fraction of sp³-hybridized carbons (Fsp3) is 0.222. The summed E-state index contributed by atoms with van der Waals surface area (Å²) < 4.78 is 14.5. The zero-order valence-electron chi connectivity index (χ0n) is 16.9. The van der Waals surface area contributed by atoms with Crippen LogP contribution >= 0.6 is 0 Å². The maximum Gasteiger partial charge on any atom is 0.133 e. The van der Waals surface area contributed by atoms with Gasteiger partial charge in [0.1, 0.15) is 5.82 Å². The number of nitrogens with zero attached hydrogens (tertiary/aromatic N) is 1. The first-order chi connectivity index (χ1) is 14.3. The third kappa shape index (κ3) is 4.37. The maximum absolute atomic E-state index is 14.5. The van der Waals surface area contributed by atoms with Gasteiger partial charge in [0.2, 0.25) is 0 Å². The topological polar surface area (TPSA) is 12.9 Å². The molecule has 0 aliphatic carbocycles. The molecule has 0 atom stereocenters. The van der Waals surface area contributed by atoms with E-state index in [0.29, 0.717) is 11.1 Å². The normalized spacial score (nSPS) is 11.1. The Labute approximate surface area is 172 Å². The first kappa shape index (κ1) is 19.3. The van der Waals surface area contributed by atoms with Crippen LogP contribution in [0.4, 0.5) is 4.39 Å². The second kappa shape index (κ2) is 9.00. The Balaban J connectivity index is 1.62. The molecule has 146 valence electrons. The smallest absolute Gasteiger partial charge is 0.133 e. The number of aromatic nitrogens is 1. The lowest BCUT2D eigenvalue weighted by Crippen LogP contribution is -1.90. The summed E-state index contributed by atoms with van der Waals surface area (Å²) in [4.78, 5) is 4.50. The van der Waals surface area contributed by atoms with Crippen molar-refractivity contribution < 1.29 is 4.39 Å². The molecular formula is C27H26FN. The van der Waals surface area contributed by atoms with Gasteiger partial charge in [-0.25, -0.2) is 4.39 Å². The highest BCUT2D eigenvalue weighted by Gasteiger charge is 2.10. The average Bonchev–Trinajstić information content (AvgIpc) is 2.77. The van der Waals surface area contributed by atoms with Crippen molar-refractivity contribution in [1.29, 1.82) is 0 Å². The van der Waals surface area contributed by atoms with Gasteiger partial charge in [-0.15, -0.1) is 0 Å². The standard InChI is InChI=1S/C27H26FN/c1-2-3-4-5-8-20-13-15-21(16-14-20)23-10-6-11-24(19-23)27-26-22(17-18-29-27)9-7-12-25(26)28/h6-7,9-19H,2-5,8H2,1H3. The first-order valence-electron chi connectivity index (χ1n) is 10.5. The van der Waals surface area contributed by atoms with E-state index in [-0.39, 0.29) is 5.82 Å². The van der Waals surface area contributed by atoms with Gasteiger partial charge in [0.25, 0.3) is 0 Å². The molecule has 1 aromatic heterocycles. The predicted molar refractivity (Wildman–Crippen MR) is 120 cm³/mol. The van der Waals surface area contributed by atoms with Crippen molar-refractivity contribution in [1.82, 2.24) is 4.98 Å². The van der Waals surface area contributed by atoms with Crippen LogP contribution in [0.15, 0.2) is 79.0 Å². The van der Waals surface area contributed by atoms with Crippen LogP contribution in [0.1, 0.15) is 38.2 Å². The van der Waals surface area contributed by atoms with Crippen LogP contribution in [-0.4, -0.2) is 4.98 Å². The van der Waals surface area contributed by atoms with Crippen LogP contribution in [0.25, 0.3) is 33.2 Å². The van der Waals surface area contributed by atoms with Gasteiger partial charge in [0.15, 0.2) is 0 Å². The van der Waals surface area contributed by atoms with Crippen LogP contribution in [0.5, 0.6) is 0 Å². The number of unbranched alkanes of at least 4 members (excludes halogenated alkanes) is 3. The van der Waals surface area contributed by atoms with Crippen molar-refractivity contribution in [2.45, 2.75) is 39.0 Å². The molecule has 0 saturated carbocycles. The van der Waals surface area contributed by atoms with E-state index >= 15 is 0 Å². The molecule has 4 rings (SSSR count). The molecular weight excluding hydrogens is 357 g/mol. The van der Waals surface area contributed by atoms with Crippen molar-refractivity contribution in [2.24, 2.45) is 0 Å².